The van der Waals surface area contributed by atoms with Gasteiger partial charge in [-0.05, 0) is 30.5 Å². The Morgan fingerprint density at radius 3 is 2.67 bits per heavy atom. The highest BCUT2D eigenvalue weighted by Crippen LogP contribution is 2.20. The molecule has 178 valence electrons. The number of nitrogens with one attached hydrogen (secondary N) is 1. The highest BCUT2D eigenvalue weighted by molar-refractivity contribution is 5.77. The Kier molecular flexibility index (Phi) is 7.61. The van der Waals surface area contributed by atoms with E-state index in [0.717, 1.165) is 75.7 Å². The number of anilines is 1. The van der Waals surface area contributed by atoms with Gasteiger partial charge in [0.15, 0.2) is 5.52 Å². The van der Waals surface area contributed by atoms with Gasteiger partial charge in [-0.1, -0.05) is 25.5 Å². The van der Waals surface area contributed by atoms with Gasteiger partial charge >= 0.3 is 0 Å². The largest absolute Gasteiger partial charge is 0.497 e. The van der Waals surface area contributed by atoms with Gasteiger partial charge in [0.05, 0.1) is 26.0 Å². The first-order chi connectivity index (χ1) is 16.1. The van der Waals surface area contributed by atoms with Crippen LogP contribution >= 0.6 is 0 Å². The lowest BCUT2D eigenvalue weighted by atomic mass is 10.2. The Morgan fingerprint density at radius 2 is 1.97 bits per heavy atom. The molecule has 0 atom stereocenters. The Morgan fingerprint density at radius 1 is 1.21 bits per heavy atom. The summed E-state index contributed by atoms with van der Waals surface area (Å²) in [6, 6.07) is 8.02. The van der Waals surface area contributed by atoms with E-state index < -0.39 is 0 Å². The molecule has 9 nitrogen and oxygen atoms in total. The number of aromatic amines is 1. The molecule has 9 heteroatoms. The normalized spacial score (nSPS) is 14.6. The number of nitrogens with zero attached hydrogens (tertiary/aromatic N) is 5. The molecule has 4 rings (SSSR count). The number of methoxy groups -OCH3 is 1. The zero-order valence-electron chi connectivity index (χ0n) is 19.8. The van der Waals surface area contributed by atoms with E-state index in [0.29, 0.717) is 23.5 Å². The lowest BCUT2D eigenvalue weighted by Gasteiger charge is -2.28. The van der Waals surface area contributed by atoms with Crippen LogP contribution in [-0.4, -0.2) is 71.2 Å². The zero-order chi connectivity index (χ0) is 23.2. The van der Waals surface area contributed by atoms with Gasteiger partial charge in [-0.15, -0.1) is 0 Å². The van der Waals surface area contributed by atoms with Crippen LogP contribution in [0.3, 0.4) is 0 Å². The van der Waals surface area contributed by atoms with Gasteiger partial charge in [0.2, 0.25) is 5.95 Å². The highest BCUT2D eigenvalue weighted by Gasteiger charge is 2.18. The van der Waals surface area contributed by atoms with Crippen LogP contribution < -0.4 is 15.2 Å². The molecule has 1 aromatic carbocycles. The third kappa shape index (κ3) is 5.54. The van der Waals surface area contributed by atoms with Gasteiger partial charge < -0.3 is 14.4 Å². The van der Waals surface area contributed by atoms with Crippen LogP contribution in [0.25, 0.3) is 11.0 Å². The Bertz CT molecular complexity index is 1100. The van der Waals surface area contributed by atoms with E-state index in [1.165, 1.54) is 0 Å². The molecule has 0 unspecified atom stereocenters. The predicted molar refractivity (Wildman–Crippen MR) is 129 cm³/mol. The van der Waals surface area contributed by atoms with Crippen LogP contribution in [0.5, 0.6) is 5.75 Å². The smallest absolute Gasteiger partial charge is 0.278 e. The molecule has 0 radical (unpaired) electrons. The molecular weight excluding hydrogens is 420 g/mol. The number of fused-ring (bicyclic) bond motifs is 1. The van der Waals surface area contributed by atoms with Crippen molar-refractivity contribution < 1.29 is 9.47 Å². The fourth-order valence-corrected chi connectivity index (χ4v) is 4.31. The lowest BCUT2D eigenvalue weighted by molar-refractivity contribution is 0.0376. The summed E-state index contributed by atoms with van der Waals surface area (Å²) in [5.41, 5.74) is 3.08. The number of hydrogen-bond donors (Lipinski definition) is 1. The minimum Gasteiger partial charge on any atom is -0.497 e. The topological polar surface area (TPSA) is 88.5 Å². The Labute approximate surface area is 194 Å². The van der Waals surface area contributed by atoms with E-state index in [1.807, 2.05) is 12.1 Å². The maximum absolute atomic E-state index is 13.0. The summed E-state index contributed by atoms with van der Waals surface area (Å²) in [6.45, 7) is 8.04. The van der Waals surface area contributed by atoms with E-state index in [1.54, 1.807) is 18.8 Å². The molecule has 1 aliphatic rings. The summed E-state index contributed by atoms with van der Waals surface area (Å²) < 4.78 is 12.4. The summed E-state index contributed by atoms with van der Waals surface area (Å²) in [5, 5.41) is 4.55. The van der Waals surface area contributed by atoms with Crippen molar-refractivity contribution in [2.24, 2.45) is 7.05 Å². The average molecular weight is 455 g/mol. The maximum atomic E-state index is 13.0. The van der Waals surface area contributed by atoms with Crippen LogP contribution in [0.2, 0.25) is 0 Å². The maximum Gasteiger partial charge on any atom is 0.278 e. The summed E-state index contributed by atoms with van der Waals surface area (Å²) in [5.74, 6) is 1.42. The first-order valence-electron chi connectivity index (χ1n) is 11.7. The van der Waals surface area contributed by atoms with Crippen LogP contribution in [0.15, 0.2) is 29.1 Å². The van der Waals surface area contributed by atoms with Crippen molar-refractivity contribution in [1.29, 1.82) is 0 Å². The predicted octanol–water partition coefficient (Wildman–Crippen LogP) is 2.35. The minimum absolute atomic E-state index is 0.153. The molecule has 1 fully saturated rings. The van der Waals surface area contributed by atoms with Crippen molar-refractivity contribution >= 4 is 17.0 Å². The number of aryl methyl sites for hydroxylation is 2. The van der Waals surface area contributed by atoms with Crippen LogP contribution in [0.4, 0.5) is 5.95 Å². The molecule has 1 saturated heterocycles. The van der Waals surface area contributed by atoms with Crippen molar-refractivity contribution in [2.75, 3.05) is 51.4 Å². The number of morpholine rings is 1. The second-order valence-electron chi connectivity index (χ2n) is 8.48. The molecule has 0 amide bonds. The van der Waals surface area contributed by atoms with Crippen molar-refractivity contribution in [3.8, 4) is 5.75 Å². The molecule has 3 heterocycles. The monoisotopic (exact) mass is 454 g/mol. The quantitative estimate of drug-likeness (QED) is 0.503. The first kappa shape index (κ1) is 23.3. The van der Waals surface area contributed by atoms with Gasteiger partial charge in [-0.3, -0.25) is 19.4 Å². The zero-order valence-corrected chi connectivity index (χ0v) is 19.8. The van der Waals surface area contributed by atoms with E-state index in [-0.39, 0.29) is 5.56 Å². The first-order valence-corrected chi connectivity index (χ1v) is 11.7. The summed E-state index contributed by atoms with van der Waals surface area (Å²) in [4.78, 5) is 25.5. The molecule has 33 heavy (non-hydrogen) atoms. The van der Waals surface area contributed by atoms with Crippen LogP contribution in [0, 0.1) is 0 Å². The molecule has 1 aliphatic heterocycles. The third-order valence-corrected chi connectivity index (χ3v) is 6.07. The molecule has 0 saturated carbocycles. The van der Waals surface area contributed by atoms with Gasteiger partial charge in [-0.2, -0.15) is 5.10 Å². The van der Waals surface area contributed by atoms with Gasteiger partial charge in [0.1, 0.15) is 11.3 Å². The average Bonchev–Trinajstić information content (AvgIpc) is 3.15. The summed E-state index contributed by atoms with van der Waals surface area (Å²) in [7, 11) is 3.47. The molecule has 0 aliphatic carbocycles. The van der Waals surface area contributed by atoms with E-state index >= 15 is 0 Å². The van der Waals surface area contributed by atoms with Crippen molar-refractivity contribution in [3.63, 3.8) is 0 Å². The molecule has 1 N–H and O–H groups in total. The Balaban J connectivity index is 1.61. The van der Waals surface area contributed by atoms with E-state index in [9.17, 15) is 4.79 Å². The highest BCUT2D eigenvalue weighted by atomic mass is 16.5. The van der Waals surface area contributed by atoms with Crippen molar-refractivity contribution in [1.82, 2.24) is 24.6 Å². The number of hydrogen-bond acceptors (Lipinski definition) is 7. The number of benzene rings is 1. The lowest BCUT2D eigenvalue weighted by Crippen LogP contribution is -2.38. The third-order valence-electron chi connectivity index (χ3n) is 6.07. The number of aromatic nitrogens is 4. The van der Waals surface area contributed by atoms with Crippen molar-refractivity contribution in [3.05, 3.63) is 45.9 Å². The SMILES string of the molecule is CCCc1nn(C)c2c(=O)[nH]c(N(CCCN3CCOCC3)Cc3ccc(OC)cc3)nc12. The van der Waals surface area contributed by atoms with Gasteiger partial charge in [0, 0.05) is 39.8 Å². The van der Waals surface area contributed by atoms with E-state index in [2.05, 4.69) is 38.9 Å². The van der Waals surface area contributed by atoms with E-state index in [4.69, 9.17) is 14.5 Å². The number of ether oxygens (including phenoxy) is 2. The van der Waals surface area contributed by atoms with Gasteiger partial charge in [0.25, 0.3) is 5.56 Å². The number of rotatable bonds is 10. The molecule has 2 aromatic heterocycles. The number of H-pyrrole nitrogens is 1. The second kappa shape index (κ2) is 10.8. The fraction of sp³-hybridized carbons (Fsp3) is 0.542. The van der Waals surface area contributed by atoms with Crippen LogP contribution in [-0.2, 0) is 24.8 Å². The standard InChI is InChI=1S/C24H34N6O3/c1-4-6-20-21-22(28(2)27-20)23(31)26-24(25-21)30(12-5-11-29-13-15-33-16-14-29)17-18-7-9-19(32-3)10-8-18/h7-10H,4-6,11-17H2,1-3H3,(H,25,26,31). The molecular formula is C24H34N6O3. The van der Waals surface area contributed by atoms with Crippen LogP contribution in [0.1, 0.15) is 31.0 Å². The molecule has 0 bridgehead atoms. The molecule has 3 aromatic rings. The second-order valence-corrected chi connectivity index (χ2v) is 8.48. The minimum atomic E-state index is -0.153. The molecule has 0 spiro atoms. The fourth-order valence-electron chi connectivity index (χ4n) is 4.31. The summed E-state index contributed by atoms with van der Waals surface area (Å²) in [6.07, 6.45) is 2.71. The Hall–Kier alpha value is -2.91. The van der Waals surface area contributed by atoms with Crippen molar-refractivity contribution in [2.45, 2.75) is 32.7 Å². The summed E-state index contributed by atoms with van der Waals surface area (Å²) >= 11 is 0. The van der Waals surface area contributed by atoms with Gasteiger partial charge in [-0.25, -0.2) is 4.98 Å².